The normalized spacial score (nSPS) is 11.9. The summed E-state index contributed by atoms with van der Waals surface area (Å²) in [6.07, 6.45) is 2.74. The summed E-state index contributed by atoms with van der Waals surface area (Å²) >= 11 is 0. The Kier molecular flexibility index (Phi) is 4.79. The summed E-state index contributed by atoms with van der Waals surface area (Å²) in [6.45, 7) is 0.418. The average molecular weight is 274 g/mol. The first kappa shape index (κ1) is 14.1. The van der Waals surface area contributed by atoms with Crippen LogP contribution in [0.2, 0.25) is 0 Å². The number of nitrogens with zero attached hydrogens (tertiary/aromatic N) is 1. The molecule has 0 aliphatic heterocycles. The van der Waals surface area contributed by atoms with E-state index in [2.05, 4.69) is 10.3 Å². The zero-order valence-electron chi connectivity index (χ0n) is 10.8. The van der Waals surface area contributed by atoms with Crippen LogP contribution in [0.3, 0.4) is 0 Å². The molecule has 1 amide bonds. The van der Waals surface area contributed by atoms with Crippen LogP contribution in [0.5, 0.6) is 0 Å². The van der Waals surface area contributed by atoms with Crippen LogP contribution in [0.4, 0.5) is 4.39 Å². The Hall–Kier alpha value is -2.27. The van der Waals surface area contributed by atoms with Crippen LogP contribution in [0.1, 0.15) is 17.2 Å². The summed E-state index contributed by atoms with van der Waals surface area (Å²) in [5.41, 5.74) is 1.42. The van der Waals surface area contributed by atoms with Crippen LogP contribution >= 0.6 is 0 Å². The highest BCUT2D eigenvalue weighted by Crippen LogP contribution is 2.13. The summed E-state index contributed by atoms with van der Waals surface area (Å²) in [5.74, 6) is -0.898. The van der Waals surface area contributed by atoms with Crippen molar-refractivity contribution in [1.82, 2.24) is 10.3 Å². The molecule has 2 rings (SSSR count). The van der Waals surface area contributed by atoms with Gasteiger partial charge >= 0.3 is 0 Å². The largest absolute Gasteiger partial charge is 0.378 e. The van der Waals surface area contributed by atoms with E-state index < -0.39 is 17.8 Å². The van der Waals surface area contributed by atoms with Gasteiger partial charge in [0, 0.05) is 18.9 Å². The third kappa shape index (κ3) is 3.86. The molecule has 0 aliphatic rings. The highest BCUT2D eigenvalue weighted by atomic mass is 19.1. The Bertz CT molecular complexity index is 558. The molecule has 0 unspecified atom stereocenters. The molecule has 1 aromatic heterocycles. The van der Waals surface area contributed by atoms with E-state index in [-0.39, 0.29) is 0 Å². The van der Waals surface area contributed by atoms with Crippen molar-refractivity contribution in [2.75, 3.05) is 6.54 Å². The fourth-order valence-corrected chi connectivity index (χ4v) is 1.77. The van der Waals surface area contributed by atoms with Gasteiger partial charge in [-0.05, 0) is 41.8 Å². The molecule has 0 spiro atoms. The Morgan fingerprint density at radius 2 is 1.85 bits per heavy atom. The Balaban J connectivity index is 1.84. The lowest BCUT2D eigenvalue weighted by Gasteiger charge is -2.11. The van der Waals surface area contributed by atoms with Crippen molar-refractivity contribution >= 4 is 5.91 Å². The number of pyridine rings is 1. The summed E-state index contributed by atoms with van der Waals surface area (Å²) in [4.78, 5) is 15.7. The molecule has 5 heteroatoms. The Labute approximate surface area is 116 Å². The van der Waals surface area contributed by atoms with Crippen molar-refractivity contribution in [3.05, 3.63) is 65.7 Å². The molecule has 0 aliphatic carbocycles. The molecule has 0 saturated carbocycles. The predicted molar refractivity (Wildman–Crippen MR) is 72.3 cm³/mol. The second-order valence-corrected chi connectivity index (χ2v) is 4.35. The molecule has 104 valence electrons. The summed E-state index contributed by atoms with van der Waals surface area (Å²) in [5, 5.41) is 12.5. The lowest BCUT2D eigenvalue weighted by Crippen LogP contribution is -2.30. The minimum absolute atomic E-state index is 0.368. The minimum atomic E-state index is -1.28. The van der Waals surface area contributed by atoms with Gasteiger partial charge in [0.1, 0.15) is 5.82 Å². The number of aromatic nitrogens is 1. The zero-order valence-corrected chi connectivity index (χ0v) is 10.8. The predicted octanol–water partition coefficient (Wildman–Crippen LogP) is 1.61. The van der Waals surface area contributed by atoms with Gasteiger partial charge in [-0.2, -0.15) is 0 Å². The lowest BCUT2D eigenvalue weighted by molar-refractivity contribution is -0.129. The number of aliphatic hydroxyl groups excluding tert-OH is 1. The average Bonchev–Trinajstić information content (AvgIpc) is 2.48. The first-order chi connectivity index (χ1) is 9.66. The fourth-order valence-electron chi connectivity index (χ4n) is 1.77. The van der Waals surface area contributed by atoms with Gasteiger partial charge in [0.15, 0.2) is 6.10 Å². The van der Waals surface area contributed by atoms with Crippen molar-refractivity contribution in [2.24, 2.45) is 0 Å². The first-order valence-electron chi connectivity index (χ1n) is 6.27. The number of hydrogen-bond acceptors (Lipinski definition) is 3. The van der Waals surface area contributed by atoms with Crippen molar-refractivity contribution < 1.29 is 14.3 Å². The number of halogens is 1. The molecule has 1 aromatic carbocycles. The molecule has 1 heterocycles. The maximum atomic E-state index is 12.8. The molecule has 20 heavy (non-hydrogen) atoms. The van der Waals surface area contributed by atoms with Crippen LogP contribution in [0, 0.1) is 5.82 Å². The molecule has 0 saturated heterocycles. The molecule has 0 fully saturated rings. The topological polar surface area (TPSA) is 62.2 Å². The van der Waals surface area contributed by atoms with E-state index >= 15 is 0 Å². The van der Waals surface area contributed by atoms with Gasteiger partial charge in [0.05, 0.1) is 0 Å². The third-order valence-electron chi connectivity index (χ3n) is 2.90. The lowest BCUT2D eigenvalue weighted by atomic mass is 10.1. The van der Waals surface area contributed by atoms with Crippen molar-refractivity contribution in [2.45, 2.75) is 12.5 Å². The SMILES string of the molecule is O=C(NCCc1ccncc1)[C@@H](O)c1ccc(F)cc1. The van der Waals surface area contributed by atoms with E-state index in [4.69, 9.17) is 0 Å². The molecular formula is C15H15FN2O2. The van der Waals surface area contributed by atoms with Gasteiger partial charge in [-0.3, -0.25) is 9.78 Å². The van der Waals surface area contributed by atoms with E-state index in [1.807, 2.05) is 12.1 Å². The fraction of sp³-hybridized carbons (Fsp3) is 0.200. The van der Waals surface area contributed by atoms with Crippen LogP contribution in [-0.2, 0) is 11.2 Å². The van der Waals surface area contributed by atoms with Crippen LogP contribution in [0.15, 0.2) is 48.8 Å². The van der Waals surface area contributed by atoms with Gasteiger partial charge < -0.3 is 10.4 Å². The number of aliphatic hydroxyl groups is 1. The van der Waals surface area contributed by atoms with E-state index in [9.17, 15) is 14.3 Å². The highest BCUT2D eigenvalue weighted by Gasteiger charge is 2.16. The number of benzene rings is 1. The number of amides is 1. The molecule has 1 atom stereocenters. The molecule has 0 bridgehead atoms. The van der Waals surface area contributed by atoms with E-state index in [0.29, 0.717) is 18.5 Å². The first-order valence-corrected chi connectivity index (χ1v) is 6.27. The number of carbonyl (C=O) groups is 1. The smallest absolute Gasteiger partial charge is 0.253 e. The van der Waals surface area contributed by atoms with Gasteiger partial charge in [-0.1, -0.05) is 12.1 Å². The van der Waals surface area contributed by atoms with Gasteiger partial charge in [-0.25, -0.2) is 4.39 Å². The highest BCUT2D eigenvalue weighted by molar-refractivity contribution is 5.81. The number of nitrogens with one attached hydrogen (secondary N) is 1. The summed E-state index contributed by atoms with van der Waals surface area (Å²) in [7, 11) is 0. The second-order valence-electron chi connectivity index (χ2n) is 4.35. The molecular weight excluding hydrogens is 259 g/mol. The molecule has 2 aromatic rings. The maximum absolute atomic E-state index is 12.8. The van der Waals surface area contributed by atoms with Gasteiger partial charge in [0.2, 0.25) is 0 Å². The zero-order chi connectivity index (χ0) is 14.4. The monoisotopic (exact) mass is 274 g/mol. The summed E-state index contributed by atoms with van der Waals surface area (Å²) < 4.78 is 12.8. The van der Waals surface area contributed by atoms with Gasteiger partial charge in [-0.15, -0.1) is 0 Å². The van der Waals surface area contributed by atoms with Crippen LogP contribution in [0.25, 0.3) is 0 Å². The van der Waals surface area contributed by atoms with E-state index in [1.165, 1.54) is 24.3 Å². The standard InChI is InChI=1S/C15H15FN2O2/c16-13-3-1-12(2-4-13)14(19)15(20)18-10-7-11-5-8-17-9-6-11/h1-6,8-9,14,19H,7,10H2,(H,18,20)/t14-/m0/s1. The van der Waals surface area contributed by atoms with E-state index in [0.717, 1.165) is 5.56 Å². The number of rotatable bonds is 5. The van der Waals surface area contributed by atoms with Crippen LogP contribution < -0.4 is 5.32 Å². The number of carbonyl (C=O) groups excluding carboxylic acids is 1. The quantitative estimate of drug-likeness (QED) is 0.870. The maximum Gasteiger partial charge on any atom is 0.253 e. The van der Waals surface area contributed by atoms with E-state index in [1.54, 1.807) is 12.4 Å². The molecule has 0 radical (unpaired) electrons. The van der Waals surface area contributed by atoms with Gasteiger partial charge in [0.25, 0.3) is 5.91 Å². The van der Waals surface area contributed by atoms with Crippen molar-refractivity contribution in [3.8, 4) is 0 Å². The Morgan fingerprint density at radius 3 is 2.50 bits per heavy atom. The minimum Gasteiger partial charge on any atom is -0.378 e. The molecule has 2 N–H and O–H groups in total. The Morgan fingerprint density at radius 1 is 1.20 bits per heavy atom. The van der Waals surface area contributed by atoms with Crippen molar-refractivity contribution in [1.29, 1.82) is 0 Å². The second kappa shape index (κ2) is 6.77. The third-order valence-corrected chi connectivity index (χ3v) is 2.90. The summed E-state index contributed by atoms with van der Waals surface area (Å²) in [6, 6.07) is 8.93. The van der Waals surface area contributed by atoms with Crippen LogP contribution in [-0.4, -0.2) is 22.5 Å². The van der Waals surface area contributed by atoms with Crippen molar-refractivity contribution in [3.63, 3.8) is 0 Å². The number of hydrogen-bond donors (Lipinski definition) is 2. The molecule has 4 nitrogen and oxygen atoms in total.